The van der Waals surface area contributed by atoms with E-state index in [-0.39, 0.29) is 5.92 Å². The second-order valence-corrected chi connectivity index (χ2v) is 5.87. The van der Waals surface area contributed by atoms with Crippen molar-refractivity contribution in [1.82, 2.24) is 9.97 Å². The Morgan fingerprint density at radius 3 is 2.14 bits per heavy atom. The van der Waals surface area contributed by atoms with Gasteiger partial charge < -0.3 is 0 Å². The van der Waals surface area contributed by atoms with E-state index >= 15 is 0 Å². The highest BCUT2D eigenvalue weighted by Gasteiger charge is 2.23. The van der Waals surface area contributed by atoms with E-state index < -0.39 is 0 Å². The number of aryl methyl sites for hydroxylation is 1. The molecule has 1 aliphatic carbocycles. The Bertz CT molecular complexity index is 630. The molecule has 3 heteroatoms. The van der Waals surface area contributed by atoms with Crippen LogP contribution in [0.5, 0.6) is 0 Å². The molecule has 0 bridgehead atoms. The lowest BCUT2D eigenvalue weighted by molar-refractivity contribution is 0.372. The molecule has 0 radical (unpaired) electrons. The summed E-state index contributed by atoms with van der Waals surface area (Å²) in [5.41, 5.74) is 3.47. The topological polar surface area (TPSA) is 49.6 Å². The summed E-state index contributed by atoms with van der Waals surface area (Å²) in [6, 6.07) is 10.8. The van der Waals surface area contributed by atoms with Crippen LogP contribution in [-0.2, 0) is 0 Å². The van der Waals surface area contributed by atoms with Gasteiger partial charge in [-0.25, -0.2) is 9.97 Å². The molecular weight excluding hydrogens is 258 g/mol. The van der Waals surface area contributed by atoms with Crippen molar-refractivity contribution in [2.24, 2.45) is 5.92 Å². The maximum Gasteiger partial charge on any atom is 0.131 e. The summed E-state index contributed by atoms with van der Waals surface area (Å²) >= 11 is 0. The highest BCUT2D eigenvalue weighted by Crippen LogP contribution is 2.34. The van der Waals surface area contributed by atoms with Crippen LogP contribution in [0.4, 0.5) is 0 Å². The molecule has 0 N–H and O–H groups in total. The van der Waals surface area contributed by atoms with Crippen molar-refractivity contribution in [1.29, 1.82) is 5.26 Å². The lowest BCUT2D eigenvalue weighted by Crippen LogP contribution is -2.14. The van der Waals surface area contributed by atoms with Crippen molar-refractivity contribution in [2.45, 2.75) is 38.5 Å². The third-order valence-electron chi connectivity index (χ3n) is 4.33. The third-order valence-corrected chi connectivity index (χ3v) is 4.33. The predicted molar refractivity (Wildman–Crippen MR) is 82.5 cm³/mol. The zero-order valence-corrected chi connectivity index (χ0v) is 12.3. The summed E-state index contributed by atoms with van der Waals surface area (Å²) in [4.78, 5) is 9.12. The highest BCUT2D eigenvalue weighted by atomic mass is 14.9. The Labute approximate surface area is 125 Å². The van der Waals surface area contributed by atoms with Gasteiger partial charge in [-0.2, -0.15) is 5.26 Å². The molecule has 2 aromatic rings. The summed E-state index contributed by atoms with van der Waals surface area (Å²) in [6.07, 6.45) is 7.85. The molecule has 0 aliphatic heterocycles. The van der Waals surface area contributed by atoms with Gasteiger partial charge in [0.2, 0.25) is 0 Å². The highest BCUT2D eigenvalue weighted by molar-refractivity contribution is 5.61. The van der Waals surface area contributed by atoms with Gasteiger partial charge in [-0.1, -0.05) is 29.8 Å². The van der Waals surface area contributed by atoms with E-state index in [1.165, 1.54) is 5.56 Å². The molecule has 1 aromatic heterocycles. The number of hydrogen-bond donors (Lipinski definition) is 0. The lowest BCUT2D eigenvalue weighted by Gasteiger charge is -2.23. The van der Waals surface area contributed by atoms with E-state index in [0.29, 0.717) is 5.92 Å². The van der Waals surface area contributed by atoms with Crippen molar-refractivity contribution in [3.63, 3.8) is 0 Å². The van der Waals surface area contributed by atoms with Gasteiger partial charge in [0.25, 0.3) is 0 Å². The Balaban J connectivity index is 1.73. The van der Waals surface area contributed by atoms with E-state index in [2.05, 4.69) is 47.2 Å². The minimum atomic E-state index is 0.230. The first-order valence-corrected chi connectivity index (χ1v) is 7.55. The van der Waals surface area contributed by atoms with Crippen molar-refractivity contribution >= 4 is 0 Å². The second kappa shape index (κ2) is 6.05. The molecule has 1 aromatic carbocycles. The fourth-order valence-corrected chi connectivity index (χ4v) is 2.92. The van der Waals surface area contributed by atoms with Gasteiger partial charge in [-0.15, -0.1) is 0 Å². The molecule has 0 amide bonds. The molecule has 1 fully saturated rings. The summed E-state index contributed by atoms with van der Waals surface area (Å²) in [5, 5.41) is 8.95. The largest absolute Gasteiger partial charge is 0.240 e. The zero-order chi connectivity index (χ0) is 14.7. The number of aromatic nitrogens is 2. The van der Waals surface area contributed by atoms with Gasteiger partial charge in [0.15, 0.2) is 0 Å². The van der Waals surface area contributed by atoms with Crippen molar-refractivity contribution in [3.8, 4) is 17.2 Å². The number of nitrogens with zero attached hydrogens (tertiary/aromatic N) is 3. The van der Waals surface area contributed by atoms with Crippen LogP contribution in [0.3, 0.4) is 0 Å². The van der Waals surface area contributed by atoms with Gasteiger partial charge in [-0.3, -0.25) is 0 Å². The molecule has 0 unspecified atom stereocenters. The molecule has 3 rings (SSSR count). The van der Waals surface area contributed by atoms with Crippen LogP contribution < -0.4 is 0 Å². The molecule has 21 heavy (non-hydrogen) atoms. The van der Waals surface area contributed by atoms with Gasteiger partial charge in [0, 0.05) is 29.8 Å². The van der Waals surface area contributed by atoms with Crippen molar-refractivity contribution in [3.05, 3.63) is 48.0 Å². The molecule has 0 spiro atoms. The normalized spacial score (nSPS) is 21.7. The van der Waals surface area contributed by atoms with Crippen LogP contribution in [0.1, 0.15) is 43.0 Å². The van der Waals surface area contributed by atoms with Crippen molar-refractivity contribution in [2.75, 3.05) is 0 Å². The summed E-state index contributed by atoms with van der Waals surface area (Å²) in [7, 11) is 0. The van der Waals surface area contributed by atoms with E-state index in [1.54, 1.807) is 0 Å². The van der Waals surface area contributed by atoms with Crippen LogP contribution in [0, 0.1) is 24.2 Å². The number of nitriles is 1. The van der Waals surface area contributed by atoms with Crippen LogP contribution in [0.25, 0.3) is 11.1 Å². The molecule has 1 saturated carbocycles. The minimum Gasteiger partial charge on any atom is -0.240 e. The number of benzene rings is 1. The quantitative estimate of drug-likeness (QED) is 0.824. The first-order chi connectivity index (χ1) is 10.3. The third kappa shape index (κ3) is 3.11. The summed E-state index contributed by atoms with van der Waals surface area (Å²) in [5.74, 6) is 1.58. The van der Waals surface area contributed by atoms with E-state index in [4.69, 9.17) is 5.26 Å². The smallest absolute Gasteiger partial charge is 0.131 e. The Morgan fingerprint density at radius 2 is 1.57 bits per heavy atom. The fourth-order valence-electron chi connectivity index (χ4n) is 2.92. The molecule has 1 aliphatic rings. The minimum absolute atomic E-state index is 0.230. The van der Waals surface area contributed by atoms with Crippen LogP contribution in [0.15, 0.2) is 36.7 Å². The van der Waals surface area contributed by atoms with Crippen LogP contribution >= 0.6 is 0 Å². The Morgan fingerprint density at radius 1 is 0.952 bits per heavy atom. The van der Waals surface area contributed by atoms with Gasteiger partial charge in [0.05, 0.1) is 6.07 Å². The maximum atomic E-state index is 8.95. The molecule has 3 nitrogen and oxygen atoms in total. The van der Waals surface area contributed by atoms with Gasteiger partial charge in [-0.05, 0) is 38.2 Å². The predicted octanol–water partition coefficient (Wildman–Crippen LogP) is 4.25. The molecule has 1 heterocycles. The first kappa shape index (κ1) is 13.8. The average Bonchev–Trinajstić information content (AvgIpc) is 2.56. The summed E-state index contributed by atoms with van der Waals surface area (Å²) < 4.78 is 0. The van der Waals surface area contributed by atoms with E-state index in [0.717, 1.165) is 42.6 Å². The Hall–Kier alpha value is -2.21. The SMILES string of the molecule is Cc1ccc(-c2cnc(C3CCC(C#N)CC3)nc2)cc1. The summed E-state index contributed by atoms with van der Waals surface area (Å²) in [6.45, 7) is 2.08. The van der Waals surface area contributed by atoms with E-state index in [1.807, 2.05) is 12.4 Å². The van der Waals surface area contributed by atoms with Crippen LogP contribution in [0.2, 0.25) is 0 Å². The lowest BCUT2D eigenvalue weighted by atomic mass is 9.82. The standard InChI is InChI=1S/C18H19N3/c1-13-2-6-15(7-3-13)17-11-20-18(21-12-17)16-8-4-14(10-19)5-9-16/h2-3,6-7,11-12,14,16H,4-5,8-9H2,1H3. The van der Waals surface area contributed by atoms with Gasteiger partial charge >= 0.3 is 0 Å². The number of rotatable bonds is 2. The maximum absolute atomic E-state index is 8.95. The number of hydrogen-bond acceptors (Lipinski definition) is 3. The molecule has 106 valence electrons. The van der Waals surface area contributed by atoms with Gasteiger partial charge in [0.1, 0.15) is 5.82 Å². The Kier molecular flexibility index (Phi) is 3.96. The van der Waals surface area contributed by atoms with E-state index in [9.17, 15) is 0 Å². The van der Waals surface area contributed by atoms with Crippen LogP contribution in [-0.4, -0.2) is 9.97 Å². The van der Waals surface area contributed by atoms with Crippen molar-refractivity contribution < 1.29 is 0 Å². The first-order valence-electron chi connectivity index (χ1n) is 7.55. The average molecular weight is 277 g/mol. The second-order valence-electron chi connectivity index (χ2n) is 5.87. The molecule has 0 saturated heterocycles. The fraction of sp³-hybridized carbons (Fsp3) is 0.389. The zero-order valence-electron chi connectivity index (χ0n) is 12.3. The molecular formula is C18H19N3. The monoisotopic (exact) mass is 277 g/mol. The molecule has 0 atom stereocenters.